The van der Waals surface area contributed by atoms with Gasteiger partial charge in [-0.2, -0.15) is 0 Å². The molecule has 4 rings (SSSR count). The first-order valence-electron chi connectivity index (χ1n) is 8.94. The lowest BCUT2D eigenvalue weighted by Gasteiger charge is -2.12. The van der Waals surface area contributed by atoms with Gasteiger partial charge in [-0.1, -0.05) is 39.1 Å². The molecule has 0 aliphatic carbocycles. The Morgan fingerprint density at radius 2 is 1.88 bits per heavy atom. The summed E-state index contributed by atoms with van der Waals surface area (Å²) in [5.41, 5.74) is 0.263. The summed E-state index contributed by atoms with van der Waals surface area (Å²) in [5, 5.41) is 2.57. The van der Waals surface area contributed by atoms with Crippen molar-refractivity contribution in [3.8, 4) is 0 Å². The van der Waals surface area contributed by atoms with E-state index in [1.165, 1.54) is 18.2 Å². The average Bonchev–Trinajstić information content (AvgIpc) is 2.99. The van der Waals surface area contributed by atoms with Crippen LogP contribution in [0.4, 0.5) is 10.5 Å². The predicted molar refractivity (Wildman–Crippen MR) is 128 cm³/mol. The molecule has 2 heterocycles. The van der Waals surface area contributed by atoms with Crippen LogP contribution in [0.3, 0.4) is 0 Å². The molecule has 3 aromatic rings. The van der Waals surface area contributed by atoms with Crippen LogP contribution in [0.2, 0.25) is 10.0 Å². The fourth-order valence-corrected chi connectivity index (χ4v) is 4.57. The lowest BCUT2D eigenvalue weighted by Crippen LogP contribution is -2.36. The largest absolute Gasteiger partial charge is 0.462 e. The number of halogens is 3. The molecule has 1 aliphatic rings. The lowest BCUT2D eigenvalue weighted by atomic mass is 10.1. The molecule has 0 radical (unpaired) electrons. The number of benzene rings is 2. The van der Waals surface area contributed by atoms with Crippen LogP contribution in [0.1, 0.15) is 5.56 Å². The molecule has 1 fully saturated rings. The first kappa shape index (κ1) is 22.6. The van der Waals surface area contributed by atoms with Crippen molar-refractivity contribution >= 4 is 90.7 Å². The maximum absolute atomic E-state index is 12.8. The molecule has 162 valence electrons. The first-order chi connectivity index (χ1) is 15.2. The van der Waals surface area contributed by atoms with E-state index in [1.54, 1.807) is 24.3 Å². The van der Waals surface area contributed by atoms with Crippen LogP contribution in [0.5, 0.6) is 0 Å². The maximum Gasteiger partial charge on any atom is 0.294 e. The van der Waals surface area contributed by atoms with E-state index in [2.05, 4.69) is 21.2 Å². The third-order valence-electron chi connectivity index (χ3n) is 4.41. The molecule has 0 spiro atoms. The molecule has 0 bridgehead atoms. The van der Waals surface area contributed by atoms with Gasteiger partial charge in [0.15, 0.2) is 11.0 Å². The second-order valence-electron chi connectivity index (χ2n) is 6.61. The summed E-state index contributed by atoms with van der Waals surface area (Å²) < 4.78 is 6.27. The van der Waals surface area contributed by atoms with Gasteiger partial charge in [0.25, 0.3) is 11.1 Å². The van der Waals surface area contributed by atoms with E-state index in [0.717, 1.165) is 15.6 Å². The van der Waals surface area contributed by atoms with Gasteiger partial charge in [-0.05, 0) is 54.2 Å². The molecule has 0 saturated carbocycles. The summed E-state index contributed by atoms with van der Waals surface area (Å²) in [4.78, 5) is 50.9. The number of imide groups is 1. The Morgan fingerprint density at radius 3 is 2.59 bits per heavy atom. The van der Waals surface area contributed by atoms with Crippen molar-refractivity contribution in [2.45, 2.75) is 0 Å². The molecule has 7 nitrogen and oxygen atoms in total. The molecular weight excluding hydrogens is 543 g/mol. The van der Waals surface area contributed by atoms with Crippen molar-refractivity contribution in [2.24, 2.45) is 0 Å². The van der Waals surface area contributed by atoms with Gasteiger partial charge in [0.05, 0.1) is 20.9 Å². The summed E-state index contributed by atoms with van der Waals surface area (Å²) in [7, 11) is 0. The molecule has 0 unspecified atom stereocenters. The lowest BCUT2D eigenvalue weighted by molar-refractivity contribution is -0.127. The van der Waals surface area contributed by atoms with Gasteiger partial charge in [-0.3, -0.25) is 24.1 Å². The molecule has 32 heavy (non-hydrogen) atoms. The van der Waals surface area contributed by atoms with E-state index >= 15 is 0 Å². The van der Waals surface area contributed by atoms with Gasteiger partial charge in [-0.25, -0.2) is 0 Å². The van der Waals surface area contributed by atoms with Crippen molar-refractivity contribution in [3.63, 3.8) is 0 Å². The number of anilines is 1. The Hall–Kier alpha value is -2.59. The fourth-order valence-electron chi connectivity index (χ4n) is 2.93. The normalized spacial score (nSPS) is 15.1. The minimum atomic E-state index is -0.686. The maximum atomic E-state index is 12.8. The van der Waals surface area contributed by atoms with Gasteiger partial charge in [0.2, 0.25) is 5.91 Å². The predicted octanol–water partition coefficient (Wildman–Crippen LogP) is 5.54. The molecule has 1 aromatic heterocycles. The highest BCUT2D eigenvalue weighted by molar-refractivity contribution is 9.10. The van der Waals surface area contributed by atoms with E-state index in [9.17, 15) is 19.2 Å². The van der Waals surface area contributed by atoms with Gasteiger partial charge in [0.1, 0.15) is 12.8 Å². The Labute approximate surface area is 203 Å². The van der Waals surface area contributed by atoms with Crippen molar-refractivity contribution in [2.75, 3.05) is 11.9 Å². The second-order valence-corrected chi connectivity index (χ2v) is 9.36. The smallest absolute Gasteiger partial charge is 0.294 e. The molecule has 11 heteroatoms. The zero-order chi connectivity index (χ0) is 23.0. The quantitative estimate of drug-likeness (QED) is 0.426. The first-order valence-corrected chi connectivity index (χ1v) is 11.3. The average molecular weight is 554 g/mol. The van der Waals surface area contributed by atoms with E-state index in [1.807, 2.05) is 0 Å². The number of nitrogens with zero attached hydrogens (tertiary/aromatic N) is 1. The number of amides is 3. The third kappa shape index (κ3) is 4.61. The van der Waals surface area contributed by atoms with Gasteiger partial charge in [0, 0.05) is 15.2 Å². The molecule has 2 aromatic carbocycles. The molecule has 0 atom stereocenters. The number of carbonyl (C=O) groups is 3. The topological polar surface area (TPSA) is 96.7 Å². The van der Waals surface area contributed by atoms with Gasteiger partial charge >= 0.3 is 0 Å². The summed E-state index contributed by atoms with van der Waals surface area (Å²) in [6.07, 6.45) is 2.40. The summed E-state index contributed by atoms with van der Waals surface area (Å²) in [6, 6.07) is 9.69. The van der Waals surface area contributed by atoms with Crippen LogP contribution in [0, 0.1) is 0 Å². The number of hydrogen-bond acceptors (Lipinski definition) is 6. The van der Waals surface area contributed by atoms with E-state index in [-0.39, 0.29) is 31.5 Å². The number of carbonyl (C=O) groups excluding carboxylic acids is 3. The molecular formula is C21H11BrCl2N2O5S. The summed E-state index contributed by atoms with van der Waals surface area (Å²) in [5.74, 6) is -1.22. The SMILES string of the molecule is O=C(CN1C(=O)S/C(=C\c2coc3c(Cl)cc(Cl)cc3c2=O)C1=O)Nc1ccc(Br)cc1. The molecule has 1 saturated heterocycles. The minimum absolute atomic E-state index is 0.00813. The number of hydrogen-bond donors (Lipinski definition) is 1. The van der Waals surface area contributed by atoms with Crippen molar-refractivity contribution in [1.82, 2.24) is 4.90 Å². The highest BCUT2D eigenvalue weighted by atomic mass is 79.9. The molecule has 3 amide bonds. The van der Waals surface area contributed by atoms with Gasteiger partial charge < -0.3 is 9.73 Å². The highest BCUT2D eigenvalue weighted by Gasteiger charge is 2.36. The van der Waals surface area contributed by atoms with Gasteiger partial charge in [-0.15, -0.1) is 0 Å². The van der Waals surface area contributed by atoms with Crippen molar-refractivity contribution < 1.29 is 18.8 Å². The fraction of sp³-hybridized carbons (Fsp3) is 0.0476. The summed E-state index contributed by atoms with van der Waals surface area (Å²) >= 11 is 15.9. The van der Waals surface area contributed by atoms with Crippen LogP contribution >= 0.6 is 50.9 Å². The molecule has 1 aliphatic heterocycles. The third-order valence-corrected chi connectivity index (χ3v) is 6.34. The van der Waals surface area contributed by atoms with Crippen LogP contribution < -0.4 is 10.7 Å². The summed E-state index contributed by atoms with van der Waals surface area (Å²) in [6.45, 7) is -0.463. The standard InChI is InChI=1S/C21H11BrCl2N2O5S/c22-11-1-3-13(4-2-11)25-17(27)8-26-20(29)16(32-21(26)30)5-10-9-31-19-14(18(10)28)6-12(23)7-15(19)24/h1-7,9H,8H2,(H,25,27)/b16-5-. The zero-order valence-corrected chi connectivity index (χ0v) is 19.8. The van der Waals surface area contributed by atoms with Crippen LogP contribution in [0.15, 0.2) is 61.3 Å². The minimum Gasteiger partial charge on any atom is -0.462 e. The van der Waals surface area contributed by atoms with Crippen LogP contribution in [-0.4, -0.2) is 28.5 Å². The monoisotopic (exact) mass is 552 g/mol. The number of fused-ring (bicyclic) bond motifs is 1. The van der Waals surface area contributed by atoms with Crippen molar-refractivity contribution in [3.05, 3.63) is 77.9 Å². The van der Waals surface area contributed by atoms with Crippen molar-refractivity contribution in [1.29, 1.82) is 0 Å². The Bertz CT molecular complexity index is 1370. The van der Waals surface area contributed by atoms with Crippen LogP contribution in [0.25, 0.3) is 17.0 Å². The highest BCUT2D eigenvalue weighted by Crippen LogP contribution is 2.32. The Kier molecular flexibility index (Phi) is 6.43. The molecule has 1 N–H and O–H groups in total. The number of rotatable bonds is 4. The van der Waals surface area contributed by atoms with Crippen LogP contribution in [-0.2, 0) is 9.59 Å². The number of thioether (sulfide) groups is 1. The Morgan fingerprint density at radius 1 is 1.16 bits per heavy atom. The van der Waals surface area contributed by atoms with E-state index < -0.39 is 29.0 Å². The van der Waals surface area contributed by atoms with E-state index in [0.29, 0.717) is 17.4 Å². The number of nitrogens with one attached hydrogen (secondary N) is 1. The second kappa shape index (κ2) is 9.11. The zero-order valence-electron chi connectivity index (χ0n) is 15.9. The van der Waals surface area contributed by atoms with E-state index in [4.69, 9.17) is 27.6 Å². The Balaban J connectivity index is 1.56.